The van der Waals surface area contributed by atoms with E-state index in [9.17, 15) is 18.9 Å². The molecule has 0 saturated carbocycles. The van der Waals surface area contributed by atoms with Gasteiger partial charge in [-0.1, -0.05) is 6.07 Å². The summed E-state index contributed by atoms with van der Waals surface area (Å²) < 4.78 is 26.2. The number of hydrogen-bond acceptors (Lipinski definition) is 2. The highest BCUT2D eigenvalue weighted by atomic mass is 19.1. The van der Waals surface area contributed by atoms with Gasteiger partial charge in [-0.15, -0.1) is 0 Å². The van der Waals surface area contributed by atoms with Crippen LogP contribution in [0.25, 0.3) is 0 Å². The van der Waals surface area contributed by atoms with Gasteiger partial charge in [-0.05, 0) is 25.5 Å². The fourth-order valence-corrected chi connectivity index (χ4v) is 1.02. The van der Waals surface area contributed by atoms with Crippen LogP contribution in [-0.2, 0) is 5.67 Å². The first kappa shape index (κ1) is 10.6. The van der Waals surface area contributed by atoms with Crippen LogP contribution >= 0.6 is 0 Å². The van der Waals surface area contributed by atoms with Gasteiger partial charge in [0.1, 0.15) is 5.67 Å². The molecule has 0 heterocycles. The summed E-state index contributed by atoms with van der Waals surface area (Å²) in [7, 11) is 0. The van der Waals surface area contributed by atoms with Crippen LogP contribution in [0.15, 0.2) is 18.2 Å². The minimum absolute atomic E-state index is 0.0885. The van der Waals surface area contributed by atoms with Crippen molar-refractivity contribution in [2.75, 3.05) is 0 Å². The number of nitro groups is 1. The SMILES string of the molecule is CC(C)(F)c1ccc(F)c([N+](=O)[O-])c1. The molecule has 0 saturated heterocycles. The molecule has 1 rings (SSSR count). The smallest absolute Gasteiger partial charge is 0.258 e. The summed E-state index contributed by atoms with van der Waals surface area (Å²) in [5.41, 5.74) is -2.32. The lowest BCUT2D eigenvalue weighted by molar-refractivity contribution is -0.387. The first-order valence-electron chi connectivity index (χ1n) is 3.95. The fourth-order valence-electron chi connectivity index (χ4n) is 1.02. The molecule has 0 unspecified atom stereocenters. The predicted octanol–water partition coefficient (Wildman–Crippen LogP) is 2.94. The lowest BCUT2D eigenvalue weighted by Crippen LogP contribution is -2.09. The van der Waals surface area contributed by atoms with E-state index in [0.717, 1.165) is 12.1 Å². The molecule has 0 spiro atoms. The van der Waals surface area contributed by atoms with Gasteiger partial charge in [0.05, 0.1) is 4.92 Å². The predicted molar refractivity (Wildman–Crippen MR) is 47.2 cm³/mol. The van der Waals surface area contributed by atoms with Crippen molar-refractivity contribution in [2.45, 2.75) is 19.5 Å². The lowest BCUT2D eigenvalue weighted by atomic mass is 10.00. The molecular weight excluding hydrogens is 192 g/mol. The summed E-state index contributed by atoms with van der Waals surface area (Å²) in [6, 6.07) is 3.01. The summed E-state index contributed by atoms with van der Waals surface area (Å²) in [5.74, 6) is -0.956. The van der Waals surface area contributed by atoms with Gasteiger partial charge in [0.25, 0.3) is 0 Å². The number of nitrogens with zero attached hydrogens (tertiary/aromatic N) is 1. The van der Waals surface area contributed by atoms with Crippen LogP contribution in [0.5, 0.6) is 0 Å². The van der Waals surface area contributed by atoms with Crippen molar-refractivity contribution in [3.05, 3.63) is 39.7 Å². The normalized spacial score (nSPS) is 11.4. The Kier molecular flexibility index (Phi) is 2.51. The fraction of sp³-hybridized carbons (Fsp3) is 0.333. The Morgan fingerprint density at radius 2 is 2.00 bits per heavy atom. The van der Waals surface area contributed by atoms with Crippen molar-refractivity contribution in [3.63, 3.8) is 0 Å². The van der Waals surface area contributed by atoms with E-state index in [0.29, 0.717) is 0 Å². The van der Waals surface area contributed by atoms with Crippen molar-refractivity contribution in [2.24, 2.45) is 0 Å². The van der Waals surface area contributed by atoms with Gasteiger partial charge in [0.15, 0.2) is 0 Å². The monoisotopic (exact) mass is 201 g/mol. The zero-order valence-electron chi connectivity index (χ0n) is 7.75. The summed E-state index contributed by atoms with van der Waals surface area (Å²) >= 11 is 0. The molecular formula is C9H9F2NO2. The zero-order valence-corrected chi connectivity index (χ0v) is 7.75. The molecule has 5 heteroatoms. The van der Waals surface area contributed by atoms with Gasteiger partial charge in [-0.3, -0.25) is 10.1 Å². The van der Waals surface area contributed by atoms with Crippen molar-refractivity contribution >= 4 is 5.69 Å². The highest BCUT2D eigenvalue weighted by Crippen LogP contribution is 2.28. The molecule has 0 radical (unpaired) electrons. The maximum absolute atomic E-state index is 13.4. The number of halogens is 2. The average Bonchev–Trinajstić information content (AvgIpc) is 2.02. The molecule has 14 heavy (non-hydrogen) atoms. The van der Waals surface area contributed by atoms with E-state index in [-0.39, 0.29) is 5.56 Å². The average molecular weight is 201 g/mol. The number of benzene rings is 1. The van der Waals surface area contributed by atoms with E-state index in [1.165, 1.54) is 19.9 Å². The van der Waals surface area contributed by atoms with Gasteiger partial charge in [0, 0.05) is 6.07 Å². The van der Waals surface area contributed by atoms with Crippen LogP contribution in [0.3, 0.4) is 0 Å². The molecule has 1 aromatic rings. The summed E-state index contributed by atoms with van der Waals surface area (Å²) in [6.07, 6.45) is 0. The van der Waals surface area contributed by atoms with Crippen LogP contribution in [0.4, 0.5) is 14.5 Å². The first-order chi connectivity index (χ1) is 6.32. The molecule has 0 aromatic heterocycles. The third kappa shape index (κ3) is 2.04. The Hall–Kier alpha value is -1.52. The largest absolute Gasteiger partial charge is 0.305 e. The van der Waals surface area contributed by atoms with Crippen LogP contribution in [0.2, 0.25) is 0 Å². The van der Waals surface area contributed by atoms with Gasteiger partial charge < -0.3 is 0 Å². The molecule has 0 fully saturated rings. The second-order valence-electron chi connectivity index (χ2n) is 3.40. The molecule has 0 bridgehead atoms. The molecule has 76 valence electrons. The maximum atomic E-state index is 13.4. The Balaban J connectivity index is 3.27. The second-order valence-corrected chi connectivity index (χ2v) is 3.40. The van der Waals surface area contributed by atoms with Crippen molar-refractivity contribution in [1.29, 1.82) is 0 Å². The highest BCUT2D eigenvalue weighted by Gasteiger charge is 2.23. The van der Waals surface area contributed by atoms with E-state index in [4.69, 9.17) is 0 Å². The third-order valence-corrected chi connectivity index (χ3v) is 1.83. The van der Waals surface area contributed by atoms with E-state index in [1.54, 1.807) is 0 Å². The molecule has 0 amide bonds. The van der Waals surface area contributed by atoms with E-state index in [2.05, 4.69) is 0 Å². The topological polar surface area (TPSA) is 43.1 Å². The van der Waals surface area contributed by atoms with Crippen molar-refractivity contribution in [3.8, 4) is 0 Å². The first-order valence-corrected chi connectivity index (χ1v) is 3.95. The molecule has 0 atom stereocenters. The maximum Gasteiger partial charge on any atom is 0.305 e. The summed E-state index contributed by atoms with van der Waals surface area (Å²) in [4.78, 5) is 9.47. The summed E-state index contributed by atoms with van der Waals surface area (Å²) in [6.45, 7) is 2.51. The molecule has 0 aliphatic carbocycles. The summed E-state index contributed by atoms with van der Waals surface area (Å²) in [5, 5.41) is 10.3. The van der Waals surface area contributed by atoms with Crippen molar-refractivity contribution in [1.82, 2.24) is 0 Å². The van der Waals surface area contributed by atoms with Gasteiger partial charge in [0.2, 0.25) is 5.82 Å². The van der Waals surface area contributed by atoms with Crippen LogP contribution in [0.1, 0.15) is 19.4 Å². The Bertz CT molecular complexity index is 372. The quantitative estimate of drug-likeness (QED) is 0.545. The molecule has 3 nitrogen and oxygen atoms in total. The molecule has 0 N–H and O–H groups in total. The molecule has 0 aliphatic rings. The van der Waals surface area contributed by atoms with Gasteiger partial charge >= 0.3 is 5.69 Å². The van der Waals surface area contributed by atoms with Crippen LogP contribution in [0, 0.1) is 15.9 Å². The Labute approximate surface area is 79.5 Å². The van der Waals surface area contributed by atoms with Crippen molar-refractivity contribution < 1.29 is 13.7 Å². The number of hydrogen-bond donors (Lipinski definition) is 0. The van der Waals surface area contributed by atoms with Crippen LogP contribution in [-0.4, -0.2) is 4.92 Å². The highest BCUT2D eigenvalue weighted by molar-refractivity contribution is 5.38. The van der Waals surface area contributed by atoms with E-state index in [1.807, 2.05) is 0 Å². The Morgan fingerprint density at radius 1 is 1.43 bits per heavy atom. The number of alkyl halides is 1. The van der Waals surface area contributed by atoms with Gasteiger partial charge in [-0.25, -0.2) is 4.39 Å². The minimum atomic E-state index is -1.71. The Morgan fingerprint density at radius 3 is 2.43 bits per heavy atom. The number of rotatable bonds is 2. The molecule has 0 aliphatic heterocycles. The van der Waals surface area contributed by atoms with Crippen LogP contribution < -0.4 is 0 Å². The van der Waals surface area contributed by atoms with E-state index < -0.39 is 22.1 Å². The van der Waals surface area contributed by atoms with Gasteiger partial charge in [-0.2, -0.15) is 4.39 Å². The standard InChI is InChI=1S/C9H9F2NO2/c1-9(2,11)6-3-4-7(10)8(5-6)12(13)14/h3-5H,1-2H3. The second kappa shape index (κ2) is 3.32. The molecule has 1 aromatic carbocycles. The lowest BCUT2D eigenvalue weighted by Gasteiger charge is -2.13. The van der Waals surface area contributed by atoms with E-state index >= 15 is 0 Å². The zero-order chi connectivity index (χ0) is 10.9. The number of nitro benzene ring substituents is 1. The third-order valence-electron chi connectivity index (χ3n) is 1.83. The minimum Gasteiger partial charge on any atom is -0.258 e.